The predicted octanol–water partition coefficient (Wildman–Crippen LogP) is -0.631. The van der Waals surface area contributed by atoms with Crippen LogP contribution in [0, 0.1) is 0 Å². The number of hydrogen-bond donors (Lipinski definition) is 1. The van der Waals surface area contributed by atoms with Gasteiger partial charge in [-0.15, -0.1) is 4.52 Å². The van der Waals surface area contributed by atoms with Crippen LogP contribution < -0.4 is 10.6 Å². The normalized spacial score (nSPS) is 11.5. The minimum atomic E-state index is -2.67. The van der Waals surface area contributed by atoms with Crippen LogP contribution in [-0.4, -0.2) is 13.2 Å². The Morgan fingerprint density at radius 1 is 1.75 bits per heavy atom. The van der Waals surface area contributed by atoms with Gasteiger partial charge in [0, 0.05) is 0 Å². The third kappa shape index (κ3) is 5.98. The second-order valence-corrected chi connectivity index (χ2v) is 1.90. The molecule has 48 valence electrons. The molecule has 0 aromatic rings. The van der Waals surface area contributed by atoms with Crippen LogP contribution in [0.3, 0.4) is 0 Å². The minimum Gasteiger partial charge on any atom is -0.566 e. The molecule has 0 saturated heterocycles. The first-order valence-electron chi connectivity index (χ1n) is 2.24. The Bertz CT molecular complexity index is 76.9. The second-order valence-electron chi connectivity index (χ2n) is 1.20. The molecule has 0 fully saturated rings. The van der Waals surface area contributed by atoms with Gasteiger partial charge in [-0.25, -0.2) is 0 Å². The summed E-state index contributed by atoms with van der Waals surface area (Å²) < 4.78 is 13.8. The van der Waals surface area contributed by atoms with E-state index in [2.05, 4.69) is 4.52 Å². The van der Waals surface area contributed by atoms with Crippen LogP contribution in [0.4, 0.5) is 0 Å². The zero-order valence-electron chi connectivity index (χ0n) is 4.37. The Kier molecular flexibility index (Phi) is 5.11. The summed E-state index contributed by atoms with van der Waals surface area (Å²) in [6.45, 7) is 0.665. The molecule has 0 aliphatic carbocycles. The molecule has 0 aliphatic rings. The quantitative estimate of drug-likeness (QED) is 0.413. The summed E-state index contributed by atoms with van der Waals surface area (Å²) in [5, 5.41) is 0. The Morgan fingerprint density at radius 2 is 2.38 bits per heavy atom. The third-order valence-corrected chi connectivity index (χ3v) is 0.939. The highest BCUT2D eigenvalue weighted by atomic mass is 31.1. The molecular formula is C3H8NO3P. The molecular weight excluding hydrogens is 129 g/mol. The molecule has 1 unspecified atom stereocenters. The van der Waals surface area contributed by atoms with E-state index in [4.69, 9.17) is 5.73 Å². The molecule has 0 bridgehead atoms. The van der Waals surface area contributed by atoms with Crippen LogP contribution in [0.25, 0.3) is 0 Å². The SMILES string of the molecule is NCCCO[P+](=O)[O-]. The van der Waals surface area contributed by atoms with Gasteiger partial charge < -0.3 is 10.6 Å². The van der Waals surface area contributed by atoms with Crippen LogP contribution in [0.15, 0.2) is 0 Å². The van der Waals surface area contributed by atoms with E-state index in [0.29, 0.717) is 13.0 Å². The molecule has 0 amide bonds. The maximum absolute atomic E-state index is 9.65. The molecule has 0 aliphatic heterocycles. The summed E-state index contributed by atoms with van der Waals surface area (Å²) in [5.74, 6) is 0. The maximum atomic E-state index is 9.65. The predicted molar refractivity (Wildman–Crippen MR) is 27.2 cm³/mol. The minimum absolute atomic E-state index is 0.204. The van der Waals surface area contributed by atoms with Gasteiger partial charge in [0.2, 0.25) is 0 Å². The standard InChI is InChI=1S/C3H8NO3P/c4-2-1-3-7-8(5)6/h1-4H2. The van der Waals surface area contributed by atoms with Crippen molar-refractivity contribution < 1.29 is 14.0 Å². The number of hydrogen-bond acceptors (Lipinski definition) is 4. The van der Waals surface area contributed by atoms with Gasteiger partial charge in [0.05, 0.1) is 0 Å². The topological polar surface area (TPSA) is 75.4 Å². The lowest BCUT2D eigenvalue weighted by molar-refractivity contribution is -0.185. The van der Waals surface area contributed by atoms with Crippen molar-refractivity contribution in [1.29, 1.82) is 0 Å². The molecule has 0 spiro atoms. The lowest BCUT2D eigenvalue weighted by atomic mass is 10.5. The first-order chi connectivity index (χ1) is 3.77. The molecule has 5 heteroatoms. The van der Waals surface area contributed by atoms with Crippen molar-refractivity contribution in [2.45, 2.75) is 6.42 Å². The lowest BCUT2D eigenvalue weighted by Crippen LogP contribution is -2.03. The molecule has 0 aromatic carbocycles. The molecule has 8 heavy (non-hydrogen) atoms. The van der Waals surface area contributed by atoms with Crippen molar-refractivity contribution in [3.8, 4) is 0 Å². The van der Waals surface area contributed by atoms with Gasteiger partial charge in [-0.05, 0) is 17.5 Å². The van der Waals surface area contributed by atoms with Crippen molar-refractivity contribution in [2.24, 2.45) is 5.73 Å². The van der Waals surface area contributed by atoms with Gasteiger partial charge in [0.1, 0.15) is 6.61 Å². The van der Waals surface area contributed by atoms with Crippen molar-refractivity contribution in [2.75, 3.05) is 13.2 Å². The second kappa shape index (κ2) is 5.12. The summed E-state index contributed by atoms with van der Waals surface area (Å²) in [6.07, 6.45) is 0.587. The maximum Gasteiger partial charge on any atom is 0.488 e. The zero-order valence-corrected chi connectivity index (χ0v) is 5.27. The monoisotopic (exact) mass is 137 g/mol. The summed E-state index contributed by atoms with van der Waals surface area (Å²) in [6, 6.07) is 0. The molecule has 4 nitrogen and oxygen atoms in total. The van der Waals surface area contributed by atoms with Crippen LogP contribution in [0.2, 0.25) is 0 Å². The highest BCUT2D eigenvalue weighted by Crippen LogP contribution is 2.07. The molecule has 0 rings (SSSR count). The molecule has 2 N–H and O–H groups in total. The van der Waals surface area contributed by atoms with Crippen molar-refractivity contribution >= 4 is 8.25 Å². The fourth-order valence-electron chi connectivity index (χ4n) is 0.222. The number of rotatable bonds is 4. The van der Waals surface area contributed by atoms with E-state index in [1.165, 1.54) is 0 Å². The first-order valence-corrected chi connectivity index (χ1v) is 3.34. The average Bonchev–Trinajstić information content (AvgIpc) is 1.66. The van der Waals surface area contributed by atoms with E-state index in [0.717, 1.165) is 0 Å². The van der Waals surface area contributed by atoms with Gasteiger partial charge >= 0.3 is 8.25 Å². The van der Waals surface area contributed by atoms with Gasteiger partial charge in [0.25, 0.3) is 0 Å². The fraction of sp³-hybridized carbons (Fsp3) is 1.00. The fourth-order valence-corrected chi connectivity index (χ4v) is 0.501. The van der Waals surface area contributed by atoms with E-state index in [-0.39, 0.29) is 6.61 Å². The Labute approximate surface area is 48.6 Å². The van der Waals surface area contributed by atoms with E-state index in [1.807, 2.05) is 0 Å². The van der Waals surface area contributed by atoms with Gasteiger partial charge in [-0.2, -0.15) is 0 Å². The van der Waals surface area contributed by atoms with Crippen LogP contribution in [0.1, 0.15) is 6.42 Å². The summed E-state index contributed by atoms with van der Waals surface area (Å²) >= 11 is 0. The Balaban J connectivity index is 2.82. The highest BCUT2D eigenvalue weighted by Gasteiger charge is 1.97. The van der Waals surface area contributed by atoms with E-state index < -0.39 is 8.25 Å². The summed E-state index contributed by atoms with van der Waals surface area (Å²) in [5.41, 5.74) is 5.04. The molecule has 0 saturated carbocycles. The summed E-state index contributed by atoms with van der Waals surface area (Å²) in [7, 11) is -2.67. The largest absolute Gasteiger partial charge is 0.566 e. The summed E-state index contributed by atoms with van der Waals surface area (Å²) in [4.78, 5) is 9.65. The van der Waals surface area contributed by atoms with Gasteiger partial charge in [-0.1, -0.05) is 0 Å². The van der Waals surface area contributed by atoms with E-state index in [1.54, 1.807) is 0 Å². The van der Waals surface area contributed by atoms with Crippen molar-refractivity contribution in [3.05, 3.63) is 0 Å². The molecule has 0 radical (unpaired) electrons. The number of nitrogens with two attached hydrogens (primary N) is 1. The smallest absolute Gasteiger partial charge is 0.488 e. The average molecular weight is 137 g/mol. The van der Waals surface area contributed by atoms with Gasteiger partial charge in [0.15, 0.2) is 0 Å². The van der Waals surface area contributed by atoms with Crippen LogP contribution in [-0.2, 0) is 9.09 Å². The molecule has 0 aromatic heterocycles. The lowest BCUT2D eigenvalue weighted by Gasteiger charge is -1.88. The van der Waals surface area contributed by atoms with Crippen LogP contribution in [0.5, 0.6) is 0 Å². The highest BCUT2D eigenvalue weighted by molar-refractivity contribution is 7.30. The van der Waals surface area contributed by atoms with Crippen molar-refractivity contribution in [3.63, 3.8) is 0 Å². The van der Waals surface area contributed by atoms with Crippen molar-refractivity contribution in [1.82, 2.24) is 0 Å². The van der Waals surface area contributed by atoms with E-state index in [9.17, 15) is 9.46 Å². The van der Waals surface area contributed by atoms with E-state index >= 15 is 0 Å². The van der Waals surface area contributed by atoms with Gasteiger partial charge in [-0.3, -0.25) is 0 Å². The van der Waals surface area contributed by atoms with Crippen LogP contribution >= 0.6 is 8.25 Å². The zero-order chi connectivity index (χ0) is 6.41. The molecule has 0 heterocycles. The Hall–Kier alpha value is -0.0200. The first kappa shape index (κ1) is 7.98. The Morgan fingerprint density at radius 3 is 2.75 bits per heavy atom. The third-order valence-electron chi connectivity index (χ3n) is 0.545. The molecule has 1 atom stereocenters.